The van der Waals surface area contributed by atoms with Crippen molar-refractivity contribution in [1.29, 1.82) is 0 Å². The summed E-state index contributed by atoms with van der Waals surface area (Å²) in [6.07, 6.45) is 0. The van der Waals surface area contributed by atoms with Crippen molar-refractivity contribution in [3.05, 3.63) is 93.4 Å². The number of amides is 2. The van der Waals surface area contributed by atoms with Crippen LogP contribution in [0.15, 0.2) is 72.8 Å². The molecule has 160 valence electrons. The molecule has 0 saturated heterocycles. The third-order valence-electron chi connectivity index (χ3n) is 4.46. The summed E-state index contributed by atoms with van der Waals surface area (Å²) in [5.41, 5.74) is 1.84. The van der Waals surface area contributed by atoms with E-state index in [4.69, 9.17) is 34.8 Å². The van der Waals surface area contributed by atoms with Crippen LogP contribution in [-0.4, -0.2) is 30.3 Å². The van der Waals surface area contributed by atoms with Crippen LogP contribution in [0.25, 0.3) is 0 Å². The van der Waals surface area contributed by atoms with Gasteiger partial charge in [0.25, 0.3) is 0 Å². The van der Waals surface area contributed by atoms with E-state index in [-0.39, 0.29) is 18.4 Å². The van der Waals surface area contributed by atoms with E-state index in [9.17, 15) is 9.59 Å². The number of carbonyl (C=O) groups is 2. The molecule has 2 amide bonds. The van der Waals surface area contributed by atoms with Crippen molar-refractivity contribution >= 4 is 58.0 Å². The second kappa shape index (κ2) is 10.6. The van der Waals surface area contributed by atoms with E-state index in [1.165, 1.54) is 0 Å². The lowest BCUT2D eigenvalue weighted by Crippen LogP contribution is -2.39. The Morgan fingerprint density at radius 3 is 2.03 bits per heavy atom. The zero-order chi connectivity index (χ0) is 22.4. The van der Waals surface area contributed by atoms with Crippen molar-refractivity contribution in [2.24, 2.45) is 0 Å². The topological polar surface area (TPSA) is 61.4 Å². The summed E-state index contributed by atoms with van der Waals surface area (Å²) < 4.78 is 0. The van der Waals surface area contributed by atoms with Gasteiger partial charge >= 0.3 is 0 Å². The fourth-order valence-corrected chi connectivity index (χ4v) is 3.78. The Morgan fingerprint density at radius 1 is 0.806 bits per heavy atom. The van der Waals surface area contributed by atoms with Gasteiger partial charge in [0, 0.05) is 26.4 Å². The largest absolute Gasteiger partial charge is 0.325 e. The summed E-state index contributed by atoms with van der Waals surface area (Å²) >= 11 is 18.0. The highest BCUT2D eigenvalue weighted by atomic mass is 35.5. The number of rotatable bonds is 7. The molecule has 3 aromatic carbocycles. The molecule has 0 saturated carbocycles. The predicted octanol–water partition coefficient (Wildman–Crippen LogP) is 5.90. The minimum atomic E-state index is -0.713. The molecule has 0 aromatic heterocycles. The van der Waals surface area contributed by atoms with Gasteiger partial charge in [-0.3, -0.25) is 14.5 Å². The smallest absolute Gasteiger partial charge is 0.246 e. The zero-order valence-electron chi connectivity index (χ0n) is 16.6. The highest BCUT2D eigenvalue weighted by Crippen LogP contribution is 2.26. The van der Waals surface area contributed by atoms with Gasteiger partial charge in [-0.15, -0.1) is 0 Å². The van der Waals surface area contributed by atoms with Crippen LogP contribution in [0.3, 0.4) is 0 Å². The summed E-state index contributed by atoms with van der Waals surface area (Å²) in [5, 5.41) is 7.04. The second-order valence-electron chi connectivity index (χ2n) is 6.93. The fourth-order valence-electron chi connectivity index (χ4n) is 3.13. The van der Waals surface area contributed by atoms with E-state index < -0.39 is 6.04 Å². The van der Waals surface area contributed by atoms with Crippen LogP contribution in [0.5, 0.6) is 0 Å². The van der Waals surface area contributed by atoms with Crippen LogP contribution in [0.4, 0.5) is 11.4 Å². The van der Waals surface area contributed by atoms with E-state index in [1.54, 1.807) is 54.4 Å². The number of halogens is 3. The first kappa shape index (κ1) is 23.1. The van der Waals surface area contributed by atoms with Gasteiger partial charge < -0.3 is 10.6 Å². The van der Waals surface area contributed by atoms with Crippen LogP contribution in [0.2, 0.25) is 15.1 Å². The normalized spacial score (nSPS) is 11.8. The summed E-state index contributed by atoms with van der Waals surface area (Å²) in [6, 6.07) is 20.1. The van der Waals surface area contributed by atoms with Gasteiger partial charge in [-0.05, 0) is 55.1 Å². The van der Waals surface area contributed by atoms with Gasteiger partial charge in [-0.25, -0.2) is 0 Å². The highest BCUT2D eigenvalue weighted by molar-refractivity contribution is 6.35. The number of nitrogens with zero attached hydrogens (tertiary/aromatic N) is 1. The number of hydrogen-bond acceptors (Lipinski definition) is 3. The Kier molecular flexibility index (Phi) is 7.93. The van der Waals surface area contributed by atoms with E-state index >= 15 is 0 Å². The summed E-state index contributed by atoms with van der Waals surface area (Å²) in [5.74, 6) is -0.573. The van der Waals surface area contributed by atoms with E-state index in [1.807, 2.05) is 30.3 Å². The lowest BCUT2D eigenvalue weighted by atomic mass is 10.0. The third kappa shape index (κ3) is 6.71. The van der Waals surface area contributed by atoms with Gasteiger partial charge in [-0.1, -0.05) is 65.1 Å². The number of carbonyl (C=O) groups excluding carboxylic acids is 2. The van der Waals surface area contributed by atoms with Gasteiger partial charge in [0.15, 0.2) is 0 Å². The van der Waals surface area contributed by atoms with Crippen LogP contribution >= 0.6 is 34.8 Å². The maximum absolute atomic E-state index is 13.2. The summed E-state index contributed by atoms with van der Waals surface area (Å²) in [6.45, 7) is -0.00803. The molecule has 31 heavy (non-hydrogen) atoms. The maximum atomic E-state index is 13.2. The Bertz CT molecular complexity index is 1040. The molecule has 3 aromatic rings. The minimum Gasteiger partial charge on any atom is -0.325 e. The molecular formula is C23H20Cl3N3O2. The van der Waals surface area contributed by atoms with Crippen LogP contribution < -0.4 is 10.6 Å². The van der Waals surface area contributed by atoms with Gasteiger partial charge in [-0.2, -0.15) is 0 Å². The van der Waals surface area contributed by atoms with E-state index in [0.717, 1.165) is 5.56 Å². The van der Waals surface area contributed by atoms with Crippen molar-refractivity contribution in [2.75, 3.05) is 24.2 Å². The van der Waals surface area contributed by atoms with Crippen LogP contribution in [0, 0.1) is 0 Å². The monoisotopic (exact) mass is 475 g/mol. The highest BCUT2D eigenvalue weighted by Gasteiger charge is 2.27. The van der Waals surface area contributed by atoms with Crippen LogP contribution in [0.1, 0.15) is 11.6 Å². The number of anilines is 2. The van der Waals surface area contributed by atoms with Gasteiger partial charge in [0.05, 0.1) is 6.54 Å². The lowest BCUT2D eigenvalue weighted by molar-refractivity contribution is -0.123. The standard InChI is InChI=1S/C23H20Cl3N3O2/c1-29(14-21(30)27-19-9-7-16(24)8-10-19)22(15-5-3-2-4-6-15)23(31)28-20-12-17(25)11-18(26)13-20/h2-13,22H,14H2,1H3,(H,27,30)(H,28,31)/t22-/m1/s1. The molecule has 0 bridgehead atoms. The molecule has 1 atom stereocenters. The first-order valence-electron chi connectivity index (χ1n) is 9.39. The Hall–Kier alpha value is -2.57. The van der Waals surface area contributed by atoms with Gasteiger partial charge in [0.2, 0.25) is 11.8 Å². The van der Waals surface area contributed by atoms with Crippen molar-refractivity contribution in [3.63, 3.8) is 0 Å². The average Bonchev–Trinajstić information content (AvgIpc) is 2.70. The second-order valence-corrected chi connectivity index (χ2v) is 8.24. The number of likely N-dealkylation sites (N-methyl/N-ethyl adjacent to an activating group) is 1. The zero-order valence-corrected chi connectivity index (χ0v) is 18.9. The molecule has 0 fully saturated rings. The minimum absolute atomic E-state index is 0.00803. The van der Waals surface area contributed by atoms with Crippen molar-refractivity contribution in [1.82, 2.24) is 4.90 Å². The Morgan fingerprint density at radius 2 is 1.42 bits per heavy atom. The molecule has 5 nitrogen and oxygen atoms in total. The Balaban J connectivity index is 1.77. The van der Waals surface area contributed by atoms with Crippen molar-refractivity contribution < 1.29 is 9.59 Å². The number of hydrogen-bond donors (Lipinski definition) is 2. The summed E-state index contributed by atoms with van der Waals surface area (Å²) in [7, 11) is 1.71. The SMILES string of the molecule is CN(CC(=O)Nc1ccc(Cl)cc1)[C@@H](C(=O)Nc1cc(Cl)cc(Cl)c1)c1ccccc1. The predicted molar refractivity (Wildman–Crippen MR) is 127 cm³/mol. The third-order valence-corrected chi connectivity index (χ3v) is 5.14. The molecule has 0 heterocycles. The van der Waals surface area contributed by atoms with E-state index in [0.29, 0.717) is 26.4 Å². The van der Waals surface area contributed by atoms with E-state index in [2.05, 4.69) is 10.6 Å². The average molecular weight is 477 g/mol. The molecule has 0 aliphatic rings. The quantitative estimate of drug-likeness (QED) is 0.446. The molecule has 8 heteroatoms. The number of nitrogens with one attached hydrogen (secondary N) is 2. The van der Waals surface area contributed by atoms with Crippen LogP contribution in [-0.2, 0) is 9.59 Å². The molecule has 3 rings (SSSR count). The molecule has 0 aliphatic carbocycles. The first-order valence-corrected chi connectivity index (χ1v) is 10.5. The van der Waals surface area contributed by atoms with Crippen molar-refractivity contribution in [2.45, 2.75) is 6.04 Å². The molecule has 0 aliphatic heterocycles. The first-order chi connectivity index (χ1) is 14.8. The molecule has 0 unspecified atom stereocenters. The summed E-state index contributed by atoms with van der Waals surface area (Å²) in [4.78, 5) is 27.4. The van der Waals surface area contributed by atoms with Gasteiger partial charge in [0.1, 0.15) is 6.04 Å². The molecule has 0 radical (unpaired) electrons. The number of benzene rings is 3. The molecule has 2 N–H and O–H groups in total. The molecule has 0 spiro atoms. The molecular weight excluding hydrogens is 457 g/mol. The lowest BCUT2D eigenvalue weighted by Gasteiger charge is -2.27. The Labute approximate surface area is 195 Å². The fraction of sp³-hybridized carbons (Fsp3) is 0.130. The maximum Gasteiger partial charge on any atom is 0.246 e. The van der Waals surface area contributed by atoms with Crippen molar-refractivity contribution in [3.8, 4) is 0 Å².